The average molecular weight is 566 g/mol. The van der Waals surface area contributed by atoms with E-state index in [4.69, 9.17) is 14.2 Å². The summed E-state index contributed by atoms with van der Waals surface area (Å²) in [5, 5.41) is 4.20. The topological polar surface area (TPSA) is 90.0 Å². The number of methoxy groups -OCH3 is 1. The number of ether oxygens (including phenoxy) is 3. The van der Waals surface area contributed by atoms with Crippen molar-refractivity contribution < 1.29 is 23.8 Å². The van der Waals surface area contributed by atoms with Crippen molar-refractivity contribution in [1.82, 2.24) is 15.2 Å². The summed E-state index contributed by atoms with van der Waals surface area (Å²) in [5.74, 6) is 1.38. The van der Waals surface area contributed by atoms with Gasteiger partial charge in [0.15, 0.2) is 11.5 Å². The molecule has 42 heavy (non-hydrogen) atoms. The second-order valence-corrected chi connectivity index (χ2v) is 10.8. The summed E-state index contributed by atoms with van der Waals surface area (Å²) in [5.41, 5.74) is 2.85. The smallest absolute Gasteiger partial charge is 0.255 e. The molecular formula is C34H35N3O5. The van der Waals surface area contributed by atoms with Gasteiger partial charge in [-0.05, 0) is 72.5 Å². The monoisotopic (exact) mass is 565 g/mol. The lowest BCUT2D eigenvalue weighted by molar-refractivity contribution is -0.127. The third-order valence-electron chi connectivity index (χ3n) is 8.02. The first-order valence-corrected chi connectivity index (χ1v) is 14.6. The van der Waals surface area contributed by atoms with Crippen LogP contribution in [0.1, 0.15) is 59.6 Å². The van der Waals surface area contributed by atoms with Crippen molar-refractivity contribution in [2.24, 2.45) is 0 Å². The number of benzene rings is 3. The van der Waals surface area contributed by atoms with Gasteiger partial charge in [0.2, 0.25) is 5.91 Å². The highest BCUT2D eigenvalue weighted by molar-refractivity contribution is 5.99. The van der Waals surface area contributed by atoms with E-state index in [1.54, 1.807) is 36.4 Å². The molecule has 1 aliphatic carbocycles. The van der Waals surface area contributed by atoms with Crippen LogP contribution >= 0.6 is 0 Å². The summed E-state index contributed by atoms with van der Waals surface area (Å²) in [6, 6.07) is 21.6. The van der Waals surface area contributed by atoms with E-state index in [9.17, 15) is 9.59 Å². The molecule has 216 valence electrons. The largest absolute Gasteiger partial charge is 0.497 e. The van der Waals surface area contributed by atoms with Crippen molar-refractivity contribution in [2.75, 3.05) is 20.3 Å². The highest BCUT2D eigenvalue weighted by atomic mass is 16.6. The Morgan fingerprint density at radius 1 is 0.952 bits per heavy atom. The Kier molecular flexibility index (Phi) is 8.21. The van der Waals surface area contributed by atoms with Crippen molar-refractivity contribution in [3.05, 3.63) is 95.7 Å². The quantitative estimate of drug-likeness (QED) is 0.288. The summed E-state index contributed by atoms with van der Waals surface area (Å²) < 4.78 is 16.8. The molecule has 0 bridgehead atoms. The first kappa shape index (κ1) is 27.6. The maximum Gasteiger partial charge on any atom is 0.255 e. The van der Waals surface area contributed by atoms with Crippen LogP contribution in [0.3, 0.4) is 0 Å². The molecule has 1 N–H and O–H groups in total. The molecular weight excluding hydrogens is 530 g/mol. The molecule has 2 heterocycles. The summed E-state index contributed by atoms with van der Waals surface area (Å²) >= 11 is 0. The van der Waals surface area contributed by atoms with Crippen LogP contribution in [0.5, 0.6) is 17.2 Å². The first-order chi connectivity index (χ1) is 20.6. The number of amides is 2. The zero-order valence-corrected chi connectivity index (χ0v) is 23.8. The molecule has 6 rings (SSSR count). The van der Waals surface area contributed by atoms with Crippen LogP contribution < -0.4 is 19.5 Å². The summed E-state index contributed by atoms with van der Waals surface area (Å²) in [4.78, 5) is 34.8. The summed E-state index contributed by atoms with van der Waals surface area (Å²) in [6.45, 7) is 1.09. The van der Waals surface area contributed by atoms with E-state index in [-0.39, 0.29) is 24.4 Å². The van der Waals surface area contributed by atoms with E-state index in [0.717, 1.165) is 53.5 Å². The molecule has 4 aromatic rings. The predicted octanol–water partition coefficient (Wildman–Crippen LogP) is 5.85. The number of hydrogen-bond donors (Lipinski definition) is 1. The molecule has 0 unspecified atom stereocenters. The van der Waals surface area contributed by atoms with Gasteiger partial charge in [-0.1, -0.05) is 43.5 Å². The number of nitrogens with zero attached hydrogens (tertiary/aromatic N) is 2. The van der Waals surface area contributed by atoms with Crippen LogP contribution in [0.15, 0.2) is 79.0 Å². The molecule has 0 saturated heterocycles. The minimum Gasteiger partial charge on any atom is -0.497 e. The number of nitrogens with one attached hydrogen (secondary N) is 1. The summed E-state index contributed by atoms with van der Waals surface area (Å²) in [7, 11) is 1.62. The third-order valence-corrected chi connectivity index (χ3v) is 8.02. The molecule has 1 aliphatic heterocycles. The van der Waals surface area contributed by atoms with Crippen LogP contribution in [-0.4, -0.2) is 48.1 Å². The number of carbonyl (C=O) groups excluding carboxylic acids is 2. The minimum absolute atomic E-state index is 0.0862. The Balaban J connectivity index is 1.43. The van der Waals surface area contributed by atoms with Crippen molar-refractivity contribution in [1.29, 1.82) is 0 Å². The molecule has 3 aromatic carbocycles. The lowest BCUT2D eigenvalue weighted by Crippen LogP contribution is -2.46. The fourth-order valence-corrected chi connectivity index (χ4v) is 5.81. The number of aromatic nitrogens is 1. The number of pyridine rings is 1. The Labute approximate surface area is 245 Å². The Morgan fingerprint density at radius 2 is 1.74 bits per heavy atom. The predicted molar refractivity (Wildman–Crippen MR) is 160 cm³/mol. The second-order valence-electron chi connectivity index (χ2n) is 10.8. The van der Waals surface area contributed by atoms with Gasteiger partial charge >= 0.3 is 0 Å². The molecule has 1 atom stereocenters. The van der Waals surface area contributed by atoms with Crippen LogP contribution in [-0.2, 0) is 11.3 Å². The molecule has 1 aromatic heterocycles. The van der Waals surface area contributed by atoms with Crippen molar-refractivity contribution in [3.8, 4) is 17.2 Å². The van der Waals surface area contributed by atoms with E-state index in [1.807, 2.05) is 54.6 Å². The van der Waals surface area contributed by atoms with Crippen LogP contribution in [0.25, 0.3) is 10.9 Å². The van der Waals surface area contributed by atoms with E-state index < -0.39 is 6.04 Å². The number of rotatable bonds is 8. The van der Waals surface area contributed by atoms with Gasteiger partial charge in [-0.15, -0.1) is 0 Å². The maximum absolute atomic E-state index is 14.4. The van der Waals surface area contributed by atoms with Crippen molar-refractivity contribution in [3.63, 3.8) is 0 Å². The van der Waals surface area contributed by atoms with Gasteiger partial charge in [-0.3, -0.25) is 14.6 Å². The number of hydrogen-bond acceptors (Lipinski definition) is 6. The molecule has 1 fully saturated rings. The minimum atomic E-state index is -0.876. The zero-order chi connectivity index (χ0) is 28.9. The van der Waals surface area contributed by atoms with Gasteiger partial charge in [0.05, 0.1) is 12.6 Å². The SMILES string of the molecule is COc1ccc(CN(C(=O)c2ccc3c(c2)OCCO3)[C@@H](C(=O)NC2CCCCC2)c2ccc3ncccc3c2)cc1. The molecule has 8 heteroatoms. The van der Waals surface area contributed by atoms with Crippen LogP contribution in [0, 0.1) is 0 Å². The lowest BCUT2D eigenvalue weighted by atomic mass is 9.94. The normalized spacial score (nSPS) is 15.5. The van der Waals surface area contributed by atoms with Gasteiger partial charge in [-0.25, -0.2) is 0 Å². The fourth-order valence-electron chi connectivity index (χ4n) is 5.81. The Bertz CT molecular complexity index is 1570. The lowest BCUT2D eigenvalue weighted by Gasteiger charge is -2.34. The third kappa shape index (κ3) is 6.03. The first-order valence-electron chi connectivity index (χ1n) is 14.6. The highest BCUT2D eigenvalue weighted by Crippen LogP contribution is 2.34. The molecule has 2 amide bonds. The average Bonchev–Trinajstić information content (AvgIpc) is 3.04. The number of carbonyl (C=O) groups is 2. The van der Waals surface area contributed by atoms with Crippen LogP contribution in [0.4, 0.5) is 0 Å². The van der Waals surface area contributed by atoms with Gasteiger partial charge < -0.3 is 24.4 Å². The Hall–Kier alpha value is -4.59. The van der Waals surface area contributed by atoms with Gasteiger partial charge in [0.1, 0.15) is 25.0 Å². The number of fused-ring (bicyclic) bond motifs is 2. The summed E-state index contributed by atoms with van der Waals surface area (Å²) in [6.07, 6.45) is 6.98. The molecule has 0 radical (unpaired) electrons. The molecule has 0 spiro atoms. The van der Waals surface area contributed by atoms with E-state index in [1.165, 1.54) is 6.42 Å². The molecule has 2 aliphatic rings. The van der Waals surface area contributed by atoms with E-state index in [2.05, 4.69) is 10.3 Å². The standard InChI is InChI=1S/C34H35N3O5/c1-40-28-13-9-23(10-14-28)22-37(34(39)26-12-16-30-31(21-26)42-19-18-41-30)32(33(38)36-27-7-3-2-4-8-27)25-11-15-29-24(20-25)6-5-17-35-29/h5-6,9-17,20-21,27,32H,2-4,7-8,18-19,22H2,1H3,(H,36,38)/t32-/m1/s1. The van der Waals surface area contributed by atoms with Gasteiger partial charge in [0.25, 0.3) is 5.91 Å². The van der Waals surface area contributed by atoms with Gasteiger partial charge in [0, 0.05) is 29.7 Å². The molecule has 8 nitrogen and oxygen atoms in total. The zero-order valence-electron chi connectivity index (χ0n) is 23.8. The molecule has 1 saturated carbocycles. The van der Waals surface area contributed by atoms with Crippen LogP contribution in [0.2, 0.25) is 0 Å². The van der Waals surface area contributed by atoms with Crippen molar-refractivity contribution in [2.45, 2.75) is 50.7 Å². The Morgan fingerprint density at radius 3 is 2.52 bits per heavy atom. The maximum atomic E-state index is 14.4. The fraction of sp³-hybridized carbons (Fsp3) is 0.324. The van der Waals surface area contributed by atoms with E-state index in [0.29, 0.717) is 30.3 Å². The highest BCUT2D eigenvalue weighted by Gasteiger charge is 2.34. The van der Waals surface area contributed by atoms with Gasteiger partial charge in [-0.2, -0.15) is 0 Å². The van der Waals surface area contributed by atoms with E-state index >= 15 is 0 Å². The van der Waals surface area contributed by atoms with Crippen molar-refractivity contribution >= 4 is 22.7 Å². The second kappa shape index (κ2) is 12.5.